The van der Waals surface area contributed by atoms with Crippen LogP contribution in [0.4, 0.5) is 5.69 Å². The Labute approximate surface area is 158 Å². The van der Waals surface area contributed by atoms with E-state index in [0.29, 0.717) is 30.6 Å². The van der Waals surface area contributed by atoms with Gasteiger partial charge < -0.3 is 14.8 Å². The van der Waals surface area contributed by atoms with Gasteiger partial charge in [0.2, 0.25) is 12.7 Å². The Morgan fingerprint density at radius 2 is 1.78 bits per heavy atom. The van der Waals surface area contributed by atoms with Gasteiger partial charge in [-0.25, -0.2) is 0 Å². The highest BCUT2D eigenvalue weighted by atomic mass is 16.7. The van der Waals surface area contributed by atoms with Gasteiger partial charge >= 0.3 is 0 Å². The molecule has 5 heteroatoms. The second kappa shape index (κ2) is 7.71. The maximum absolute atomic E-state index is 12.3. The summed E-state index contributed by atoms with van der Waals surface area (Å²) < 4.78 is 10.9. The van der Waals surface area contributed by atoms with E-state index in [9.17, 15) is 4.79 Å². The molecule has 1 aliphatic carbocycles. The molecule has 27 heavy (non-hydrogen) atoms. The van der Waals surface area contributed by atoms with Crippen LogP contribution in [0.1, 0.15) is 49.1 Å². The quantitative estimate of drug-likeness (QED) is 0.863. The predicted molar refractivity (Wildman–Crippen MR) is 102 cm³/mol. The third-order valence-corrected chi connectivity index (χ3v) is 5.49. The molecule has 4 rings (SSSR count). The average Bonchev–Trinajstić information content (AvgIpc) is 3.17. The summed E-state index contributed by atoms with van der Waals surface area (Å²) in [5, 5.41) is 11.8. The first kappa shape index (κ1) is 17.4. The molecule has 2 aromatic carbocycles. The molecule has 138 valence electrons. The van der Waals surface area contributed by atoms with Gasteiger partial charge in [0.15, 0.2) is 11.5 Å². The van der Waals surface area contributed by atoms with Crippen molar-refractivity contribution in [3.8, 4) is 17.6 Å². The molecule has 1 saturated carbocycles. The zero-order chi connectivity index (χ0) is 18.6. The van der Waals surface area contributed by atoms with E-state index >= 15 is 0 Å². The van der Waals surface area contributed by atoms with E-state index in [0.717, 1.165) is 42.9 Å². The van der Waals surface area contributed by atoms with E-state index in [-0.39, 0.29) is 5.91 Å². The third-order valence-electron chi connectivity index (χ3n) is 5.49. The molecule has 1 N–H and O–H groups in total. The Bertz CT molecular complexity index is 862. The van der Waals surface area contributed by atoms with Crippen molar-refractivity contribution in [3.05, 3.63) is 53.6 Å². The fraction of sp³-hybridized carbons (Fsp3) is 0.364. The standard InChI is InChI=1S/C22H22N2O3/c23-13-16-3-8-19(9-4-16)24-22(25)11-15-1-5-17(6-2-15)18-7-10-20-21(12-18)27-14-26-20/h3-4,7-10,12,15,17H,1-2,5-6,11,14H2,(H,24,25)/t15-,17-. The highest BCUT2D eigenvalue weighted by Crippen LogP contribution is 2.41. The SMILES string of the molecule is N#Cc1ccc(NC(=O)C[C@H]2CC[C@H](c3ccc4c(c3)OCO4)CC2)cc1. The largest absolute Gasteiger partial charge is 0.454 e. The number of nitriles is 1. The molecule has 0 spiro atoms. The van der Waals surface area contributed by atoms with Gasteiger partial charge in [-0.1, -0.05) is 6.07 Å². The van der Waals surface area contributed by atoms with Crippen LogP contribution in [0.25, 0.3) is 0 Å². The van der Waals surface area contributed by atoms with Crippen LogP contribution in [0.3, 0.4) is 0 Å². The average molecular weight is 362 g/mol. The first-order valence-corrected chi connectivity index (χ1v) is 9.41. The summed E-state index contributed by atoms with van der Waals surface area (Å²) in [6, 6.07) is 15.3. The topological polar surface area (TPSA) is 71.4 Å². The molecular weight excluding hydrogens is 340 g/mol. The second-order valence-electron chi connectivity index (χ2n) is 7.27. The van der Waals surface area contributed by atoms with Crippen LogP contribution in [-0.2, 0) is 4.79 Å². The van der Waals surface area contributed by atoms with Gasteiger partial charge in [-0.05, 0) is 79.5 Å². The van der Waals surface area contributed by atoms with Crippen molar-refractivity contribution in [3.63, 3.8) is 0 Å². The van der Waals surface area contributed by atoms with Crippen molar-refractivity contribution in [1.82, 2.24) is 0 Å². The Balaban J connectivity index is 1.27. The van der Waals surface area contributed by atoms with Crippen molar-refractivity contribution in [2.75, 3.05) is 12.1 Å². The van der Waals surface area contributed by atoms with E-state index in [1.807, 2.05) is 6.07 Å². The first-order chi connectivity index (χ1) is 13.2. The zero-order valence-electron chi connectivity index (χ0n) is 15.1. The molecule has 0 radical (unpaired) electrons. The number of carbonyl (C=O) groups excluding carboxylic acids is 1. The Kier molecular flexibility index (Phi) is 4.97. The second-order valence-corrected chi connectivity index (χ2v) is 7.27. The fourth-order valence-corrected chi connectivity index (χ4v) is 3.97. The van der Waals surface area contributed by atoms with Crippen LogP contribution >= 0.6 is 0 Å². The summed E-state index contributed by atoms with van der Waals surface area (Å²) in [5.74, 6) is 2.67. The van der Waals surface area contributed by atoms with Crippen molar-refractivity contribution in [1.29, 1.82) is 5.26 Å². The van der Waals surface area contributed by atoms with Crippen molar-refractivity contribution in [2.24, 2.45) is 5.92 Å². The lowest BCUT2D eigenvalue weighted by Crippen LogP contribution is -2.20. The van der Waals surface area contributed by atoms with Gasteiger partial charge in [0, 0.05) is 12.1 Å². The molecule has 0 saturated heterocycles. The van der Waals surface area contributed by atoms with Gasteiger partial charge in [-0.3, -0.25) is 4.79 Å². The molecule has 5 nitrogen and oxygen atoms in total. The lowest BCUT2D eigenvalue weighted by molar-refractivity contribution is -0.117. The number of ether oxygens (including phenoxy) is 2. The molecule has 0 unspecified atom stereocenters. The van der Waals surface area contributed by atoms with Gasteiger partial charge in [0.1, 0.15) is 0 Å². The maximum atomic E-state index is 12.3. The van der Waals surface area contributed by atoms with Crippen molar-refractivity contribution >= 4 is 11.6 Å². The number of benzene rings is 2. The third kappa shape index (κ3) is 4.06. The van der Waals surface area contributed by atoms with Gasteiger partial charge in [0.25, 0.3) is 0 Å². The normalized spacial score (nSPS) is 20.7. The molecule has 0 atom stereocenters. The molecule has 1 heterocycles. The summed E-state index contributed by atoms with van der Waals surface area (Å²) in [7, 11) is 0. The molecular formula is C22H22N2O3. The summed E-state index contributed by atoms with van der Waals surface area (Å²) in [4.78, 5) is 12.3. The number of nitrogens with one attached hydrogen (secondary N) is 1. The number of nitrogens with zero attached hydrogens (tertiary/aromatic N) is 1. The number of anilines is 1. The van der Waals surface area contributed by atoms with Gasteiger partial charge in [-0.15, -0.1) is 0 Å². The van der Waals surface area contributed by atoms with Crippen LogP contribution in [0.5, 0.6) is 11.5 Å². The minimum atomic E-state index is 0.0474. The minimum Gasteiger partial charge on any atom is -0.454 e. The Morgan fingerprint density at radius 1 is 1.04 bits per heavy atom. The first-order valence-electron chi connectivity index (χ1n) is 9.41. The fourth-order valence-electron chi connectivity index (χ4n) is 3.97. The van der Waals surface area contributed by atoms with E-state index < -0.39 is 0 Å². The van der Waals surface area contributed by atoms with Crippen molar-refractivity contribution < 1.29 is 14.3 Å². The number of hydrogen-bond acceptors (Lipinski definition) is 4. The molecule has 1 fully saturated rings. The van der Waals surface area contributed by atoms with E-state index in [2.05, 4.69) is 23.5 Å². The van der Waals surface area contributed by atoms with E-state index in [4.69, 9.17) is 14.7 Å². The van der Waals surface area contributed by atoms with Crippen LogP contribution in [-0.4, -0.2) is 12.7 Å². The monoisotopic (exact) mass is 362 g/mol. The molecule has 1 aliphatic heterocycles. The minimum absolute atomic E-state index is 0.0474. The number of hydrogen-bond donors (Lipinski definition) is 1. The summed E-state index contributed by atoms with van der Waals surface area (Å²) in [6.07, 6.45) is 4.84. The number of carbonyl (C=O) groups is 1. The maximum Gasteiger partial charge on any atom is 0.231 e. The summed E-state index contributed by atoms with van der Waals surface area (Å²) in [6.45, 7) is 0.305. The van der Waals surface area contributed by atoms with Crippen LogP contribution < -0.4 is 14.8 Å². The highest BCUT2D eigenvalue weighted by Gasteiger charge is 2.25. The number of fused-ring (bicyclic) bond motifs is 1. The molecule has 2 aromatic rings. The zero-order valence-corrected chi connectivity index (χ0v) is 15.1. The van der Waals surface area contributed by atoms with E-state index in [1.54, 1.807) is 24.3 Å². The Hall–Kier alpha value is -3.00. The molecule has 0 aromatic heterocycles. The predicted octanol–water partition coefficient (Wildman–Crippen LogP) is 4.59. The Morgan fingerprint density at radius 3 is 2.52 bits per heavy atom. The molecule has 0 bridgehead atoms. The van der Waals surface area contributed by atoms with Gasteiger partial charge in [-0.2, -0.15) is 5.26 Å². The number of amides is 1. The lowest BCUT2D eigenvalue weighted by Gasteiger charge is -2.28. The highest BCUT2D eigenvalue weighted by molar-refractivity contribution is 5.90. The van der Waals surface area contributed by atoms with Crippen LogP contribution in [0, 0.1) is 17.2 Å². The van der Waals surface area contributed by atoms with Crippen LogP contribution in [0.15, 0.2) is 42.5 Å². The van der Waals surface area contributed by atoms with E-state index in [1.165, 1.54) is 5.56 Å². The summed E-state index contributed by atoms with van der Waals surface area (Å²) in [5.41, 5.74) is 2.64. The molecule has 1 amide bonds. The molecule has 2 aliphatic rings. The van der Waals surface area contributed by atoms with Crippen molar-refractivity contribution in [2.45, 2.75) is 38.0 Å². The van der Waals surface area contributed by atoms with Crippen LogP contribution in [0.2, 0.25) is 0 Å². The van der Waals surface area contributed by atoms with Gasteiger partial charge in [0.05, 0.1) is 11.6 Å². The summed E-state index contributed by atoms with van der Waals surface area (Å²) >= 11 is 0. The number of rotatable bonds is 4. The lowest BCUT2D eigenvalue weighted by atomic mass is 9.77. The smallest absolute Gasteiger partial charge is 0.231 e.